The van der Waals surface area contributed by atoms with Crippen molar-refractivity contribution in [2.45, 2.75) is 43.0 Å². The molecule has 3 rings (SSSR count). The molecule has 222 valence electrons. The van der Waals surface area contributed by atoms with Crippen molar-refractivity contribution in [3.05, 3.63) is 83.8 Å². The van der Waals surface area contributed by atoms with Gasteiger partial charge in [-0.05, 0) is 49.1 Å². The molecule has 1 unspecified atom stereocenters. The Kier molecular flexibility index (Phi) is 12.1. The Morgan fingerprint density at radius 1 is 1.07 bits per heavy atom. The predicted molar refractivity (Wildman–Crippen MR) is 154 cm³/mol. The Morgan fingerprint density at radius 3 is 2.57 bits per heavy atom. The first-order chi connectivity index (χ1) is 20.2. The Labute approximate surface area is 243 Å². The number of hydrogen-bond acceptors (Lipinski definition) is 10. The maximum atomic E-state index is 12.8. The van der Waals surface area contributed by atoms with E-state index in [1.807, 2.05) is 6.07 Å². The Balaban J connectivity index is 1.49. The highest BCUT2D eigenvalue weighted by Gasteiger charge is 2.18. The van der Waals surface area contributed by atoms with Gasteiger partial charge in [0.1, 0.15) is 10.7 Å². The topological polar surface area (TPSA) is 189 Å². The molecule has 0 saturated heterocycles. The summed E-state index contributed by atoms with van der Waals surface area (Å²) < 4.78 is 37.1. The van der Waals surface area contributed by atoms with E-state index in [1.165, 1.54) is 49.9 Å². The summed E-state index contributed by atoms with van der Waals surface area (Å²) in [6, 6.07) is 11.9. The third kappa shape index (κ3) is 10.7. The van der Waals surface area contributed by atoms with Gasteiger partial charge in [0.2, 0.25) is 5.91 Å². The normalized spacial score (nSPS) is 12.0. The number of nitrogens with zero attached hydrogens (tertiary/aromatic N) is 3. The summed E-state index contributed by atoms with van der Waals surface area (Å²) >= 11 is 0. The standard InChI is InChI=1S/C28H32N6O7S/c1-41-27(36)16-23(9-4-5-14-30-26(35)15-20-7-6-13-29-17-20)33-28(37)22-11-12-25(31-18-22)34-32-19-21-8-2-3-10-24(21)42(38,39)40/h2-3,6-8,10-13,17-19,23H,4-5,9,14-16H2,1H3,(H,30,35)(H,31,34)(H,33,37)(H,38,39,40). The quantitative estimate of drug-likeness (QED) is 0.0666. The molecule has 1 atom stereocenters. The molecule has 0 aliphatic rings. The van der Waals surface area contributed by atoms with E-state index < -0.39 is 28.0 Å². The van der Waals surface area contributed by atoms with Gasteiger partial charge in [0.25, 0.3) is 16.0 Å². The van der Waals surface area contributed by atoms with Crippen LogP contribution in [0.25, 0.3) is 0 Å². The molecule has 13 nitrogen and oxygen atoms in total. The maximum Gasteiger partial charge on any atom is 0.307 e. The maximum absolute atomic E-state index is 12.8. The van der Waals surface area contributed by atoms with Gasteiger partial charge in [-0.25, -0.2) is 4.98 Å². The van der Waals surface area contributed by atoms with Gasteiger partial charge in [0.15, 0.2) is 0 Å². The molecule has 0 aliphatic carbocycles. The van der Waals surface area contributed by atoms with Crippen molar-refractivity contribution < 1.29 is 32.1 Å². The van der Waals surface area contributed by atoms with E-state index >= 15 is 0 Å². The monoisotopic (exact) mass is 596 g/mol. The van der Waals surface area contributed by atoms with E-state index in [1.54, 1.807) is 24.5 Å². The largest absolute Gasteiger partial charge is 0.469 e. The summed E-state index contributed by atoms with van der Waals surface area (Å²) in [4.78, 5) is 44.6. The number of pyridine rings is 2. The van der Waals surface area contributed by atoms with Crippen LogP contribution in [0.1, 0.15) is 47.2 Å². The van der Waals surface area contributed by atoms with Crippen molar-refractivity contribution >= 4 is 39.9 Å². The third-order valence-corrected chi connectivity index (χ3v) is 6.90. The van der Waals surface area contributed by atoms with Gasteiger partial charge >= 0.3 is 5.97 Å². The van der Waals surface area contributed by atoms with Crippen LogP contribution in [0.2, 0.25) is 0 Å². The Bertz CT molecular complexity index is 1480. The summed E-state index contributed by atoms with van der Waals surface area (Å²) in [5.74, 6) is -0.722. The van der Waals surface area contributed by atoms with Gasteiger partial charge in [0, 0.05) is 36.7 Å². The molecule has 0 spiro atoms. The fourth-order valence-electron chi connectivity index (χ4n) is 3.86. The molecule has 14 heteroatoms. The van der Waals surface area contributed by atoms with Crippen molar-refractivity contribution in [3.63, 3.8) is 0 Å². The number of aromatic nitrogens is 2. The Hall–Kier alpha value is -4.69. The molecule has 4 N–H and O–H groups in total. The molecule has 2 heterocycles. The number of hydrazone groups is 1. The minimum atomic E-state index is -4.41. The smallest absolute Gasteiger partial charge is 0.307 e. The molecule has 0 saturated carbocycles. The van der Waals surface area contributed by atoms with Crippen LogP contribution in [0.3, 0.4) is 0 Å². The average Bonchev–Trinajstić information content (AvgIpc) is 2.97. The molecule has 42 heavy (non-hydrogen) atoms. The van der Waals surface area contributed by atoms with Crippen LogP contribution < -0.4 is 16.1 Å². The molecular formula is C28H32N6O7S. The Morgan fingerprint density at radius 2 is 1.88 bits per heavy atom. The second-order valence-corrected chi connectivity index (χ2v) is 10.5. The molecule has 0 fully saturated rings. The second-order valence-electron chi connectivity index (χ2n) is 9.15. The molecule has 0 bridgehead atoms. The van der Waals surface area contributed by atoms with Gasteiger partial charge in [-0.3, -0.25) is 29.3 Å². The number of unbranched alkanes of at least 4 members (excludes halogenated alkanes) is 1. The van der Waals surface area contributed by atoms with Crippen molar-refractivity contribution in [1.29, 1.82) is 0 Å². The molecule has 3 aromatic rings. The highest BCUT2D eigenvalue weighted by atomic mass is 32.2. The van der Waals surface area contributed by atoms with Crippen LogP contribution in [0, 0.1) is 0 Å². The zero-order valence-corrected chi connectivity index (χ0v) is 23.7. The van der Waals surface area contributed by atoms with E-state index in [0.29, 0.717) is 25.8 Å². The van der Waals surface area contributed by atoms with Crippen LogP contribution in [0.4, 0.5) is 5.82 Å². The zero-order valence-electron chi connectivity index (χ0n) is 22.9. The SMILES string of the molecule is COC(=O)CC(CCCCNC(=O)Cc1cccnc1)NC(=O)c1ccc(NN=Cc2ccccc2S(=O)(=O)O)nc1. The fourth-order valence-corrected chi connectivity index (χ4v) is 4.53. The van der Waals surface area contributed by atoms with Gasteiger partial charge in [-0.2, -0.15) is 13.5 Å². The number of ether oxygens (including phenoxy) is 1. The van der Waals surface area contributed by atoms with E-state index in [4.69, 9.17) is 4.74 Å². The van der Waals surface area contributed by atoms with E-state index in [0.717, 1.165) is 5.56 Å². The summed E-state index contributed by atoms with van der Waals surface area (Å²) in [5, 5.41) is 9.62. The van der Waals surface area contributed by atoms with E-state index in [-0.39, 0.29) is 40.6 Å². The summed E-state index contributed by atoms with van der Waals surface area (Å²) in [6.07, 6.45) is 7.86. The molecule has 2 aromatic heterocycles. The minimum absolute atomic E-state index is 0.0115. The molecular weight excluding hydrogens is 564 g/mol. The lowest BCUT2D eigenvalue weighted by atomic mass is 10.1. The van der Waals surface area contributed by atoms with Gasteiger partial charge < -0.3 is 15.4 Å². The number of carbonyl (C=O) groups is 3. The summed E-state index contributed by atoms with van der Waals surface area (Å²) in [6.45, 7) is 0.459. The molecule has 0 aliphatic heterocycles. The van der Waals surface area contributed by atoms with Gasteiger partial charge in [-0.1, -0.05) is 24.3 Å². The van der Waals surface area contributed by atoms with Crippen LogP contribution in [0.15, 0.2) is 77.1 Å². The predicted octanol–water partition coefficient (Wildman–Crippen LogP) is 2.36. The summed E-state index contributed by atoms with van der Waals surface area (Å²) in [5.41, 5.74) is 3.87. The lowest BCUT2D eigenvalue weighted by molar-refractivity contribution is -0.141. The highest BCUT2D eigenvalue weighted by molar-refractivity contribution is 7.86. The lowest BCUT2D eigenvalue weighted by Gasteiger charge is -2.18. The van der Waals surface area contributed by atoms with E-state index in [9.17, 15) is 27.4 Å². The van der Waals surface area contributed by atoms with Gasteiger partial charge in [-0.15, -0.1) is 0 Å². The van der Waals surface area contributed by atoms with Gasteiger partial charge in [0.05, 0.1) is 31.7 Å². The first kappa shape index (κ1) is 31.8. The number of amides is 2. The number of carbonyl (C=O) groups excluding carboxylic acids is 3. The second kappa shape index (κ2) is 15.9. The van der Waals surface area contributed by atoms with Crippen LogP contribution in [0.5, 0.6) is 0 Å². The fraction of sp³-hybridized carbons (Fsp3) is 0.286. The number of benzene rings is 1. The minimum Gasteiger partial charge on any atom is -0.469 e. The highest BCUT2D eigenvalue weighted by Crippen LogP contribution is 2.14. The number of anilines is 1. The van der Waals surface area contributed by atoms with Crippen LogP contribution in [-0.4, -0.2) is 66.6 Å². The molecule has 2 amide bonds. The first-order valence-electron chi connectivity index (χ1n) is 13.0. The lowest BCUT2D eigenvalue weighted by Crippen LogP contribution is -2.37. The van der Waals surface area contributed by atoms with Crippen molar-refractivity contribution in [2.75, 3.05) is 19.1 Å². The zero-order chi connectivity index (χ0) is 30.4. The van der Waals surface area contributed by atoms with Crippen LogP contribution >= 0.6 is 0 Å². The number of nitrogens with one attached hydrogen (secondary N) is 3. The molecule has 0 radical (unpaired) electrons. The summed E-state index contributed by atoms with van der Waals surface area (Å²) in [7, 11) is -3.14. The van der Waals surface area contributed by atoms with Crippen molar-refractivity contribution in [3.8, 4) is 0 Å². The third-order valence-electron chi connectivity index (χ3n) is 5.97. The number of esters is 1. The van der Waals surface area contributed by atoms with Crippen LogP contribution in [-0.2, 0) is 30.9 Å². The number of methoxy groups -OCH3 is 1. The average molecular weight is 597 g/mol. The van der Waals surface area contributed by atoms with Crippen molar-refractivity contribution in [1.82, 2.24) is 20.6 Å². The number of rotatable bonds is 15. The number of hydrogen-bond donors (Lipinski definition) is 4. The molecule has 1 aromatic carbocycles. The first-order valence-corrected chi connectivity index (χ1v) is 14.4. The van der Waals surface area contributed by atoms with E-state index in [2.05, 4.69) is 31.1 Å². The van der Waals surface area contributed by atoms with Crippen molar-refractivity contribution in [2.24, 2.45) is 5.10 Å².